The van der Waals surface area contributed by atoms with E-state index >= 15 is 0 Å². The van der Waals surface area contributed by atoms with Gasteiger partial charge in [-0.25, -0.2) is 14.3 Å². The molecule has 1 amide bonds. The molecule has 0 aliphatic heterocycles. The van der Waals surface area contributed by atoms with Crippen molar-refractivity contribution in [3.63, 3.8) is 0 Å². The average Bonchev–Trinajstić information content (AvgIpc) is 3.17. The summed E-state index contributed by atoms with van der Waals surface area (Å²) in [6.07, 6.45) is 2.74. The maximum Gasteiger partial charge on any atom is 0.283 e. The molecule has 0 saturated carbocycles. The number of nitrogens with one attached hydrogen (secondary N) is 1. The Balaban J connectivity index is 1.69. The molecule has 1 N–H and O–H groups in total. The van der Waals surface area contributed by atoms with Crippen LogP contribution >= 0.6 is 0 Å². The van der Waals surface area contributed by atoms with Gasteiger partial charge in [-0.05, 0) is 56.2 Å². The number of carbonyl (C=O) groups is 1. The van der Waals surface area contributed by atoms with Crippen LogP contribution in [0.5, 0.6) is 5.75 Å². The predicted molar refractivity (Wildman–Crippen MR) is 114 cm³/mol. The topological polar surface area (TPSA) is 91.0 Å². The normalized spacial score (nSPS) is 10.9. The fraction of sp³-hybridized carbons (Fsp3) is 0.182. The van der Waals surface area contributed by atoms with Crippen LogP contribution in [0.4, 0.5) is 0 Å². The first-order valence-corrected chi connectivity index (χ1v) is 9.55. The van der Waals surface area contributed by atoms with Gasteiger partial charge in [-0.3, -0.25) is 15.0 Å². The Morgan fingerprint density at radius 1 is 1.13 bits per heavy atom. The van der Waals surface area contributed by atoms with Gasteiger partial charge in [-0.2, -0.15) is 5.10 Å². The SMILES string of the molecule is CCOc1ccccc1C(=O)Nn1cnc2c(cnn2-c2ccc(C)c(C)c2)c1=O. The summed E-state index contributed by atoms with van der Waals surface area (Å²) in [5.41, 5.74) is 6.00. The van der Waals surface area contributed by atoms with Crippen LogP contribution in [-0.2, 0) is 0 Å². The molecule has 0 spiro atoms. The predicted octanol–water partition coefficient (Wildman–Crippen LogP) is 2.98. The Morgan fingerprint density at radius 3 is 2.70 bits per heavy atom. The van der Waals surface area contributed by atoms with Gasteiger partial charge in [0.1, 0.15) is 17.5 Å². The van der Waals surface area contributed by atoms with E-state index in [1.165, 1.54) is 18.1 Å². The van der Waals surface area contributed by atoms with Gasteiger partial charge in [0.2, 0.25) is 0 Å². The van der Waals surface area contributed by atoms with Crippen LogP contribution in [0.25, 0.3) is 16.7 Å². The van der Waals surface area contributed by atoms with Crippen molar-refractivity contribution >= 4 is 16.9 Å². The quantitative estimate of drug-likeness (QED) is 0.553. The second-order valence-corrected chi connectivity index (χ2v) is 6.85. The first-order valence-electron chi connectivity index (χ1n) is 9.55. The van der Waals surface area contributed by atoms with Gasteiger partial charge in [0.15, 0.2) is 5.65 Å². The zero-order valence-corrected chi connectivity index (χ0v) is 16.9. The number of fused-ring (bicyclic) bond motifs is 1. The van der Waals surface area contributed by atoms with Crippen molar-refractivity contribution in [2.45, 2.75) is 20.8 Å². The third-order valence-corrected chi connectivity index (χ3v) is 4.88. The van der Waals surface area contributed by atoms with Crippen LogP contribution in [-0.4, -0.2) is 32.0 Å². The van der Waals surface area contributed by atoms with Gasteiger partial charge in [-0.15, -0.1) is 0 Å². The molecule has 0 bridgehead atoms. The highest BCUT2D eigenvalue weighted by Crippen LogP contribution is 2.19. The van der Waals surface area contributed by atoms with E-state index in [1.807, 2.05) is 39.0 Å². The molecule has 2 heterocycles. The van der Waals surface area contributed by atoms with Crippen LogP contribution < -0.4 is 15.7 Å². The Bertz CT molecular complexity index is 1310. The Hall–Kier alpha value is -3.94. The van der Waals surface area contributed by atoms with Gasteiger partial charge < -0.3 is 4.74 Å². The minimum atomic E-state index is -0.469. The Labute approximate surface area is 172 Å². The number of benzene rings is 2. The molecular weight excluding hydrogens is 382 g/mol. The molecule has 0 atom stereocenters. The molecule has 2 aromatic carbocycles. The molecule has 152 valence electrons. The lowest BCUT2D eigenvalue weighted by Gasteiger charge is -2.11. The lowest BCUT2D eigenvalue weighted by Crippen LogP contribution is -2.33. The van der Waals surface area contributed by atoms with Crippen LogP contribution in [0.15, 0.2) is 59.8 Å². The van der Waals surface area contributed by atoms with Crippen LogP contribution in [0.1, 0.15) is 28.4 Å². The summed E-state index contributed by atoms with van der Waals surface area (Å²) >= 11 is 0. The molecule has 8 nitrogen and oxygen atoms in total. The highest BCUT2D eigenvalue weighted by Gasteiger charge is 2.16. The highest BCUT2D eigenvalue weighted by atomic mass is 16.5. The van der Waals surface area contributed by atoms with Gasteiger partial charge in [0.25, 0.3) is 11.5 Å². The summed E-state index contributed by atoms with van der Waals surface area (Å²) < 4.78 is 8.16. The van der Waals surface area contributed by atoms with E-state index in [9.17, 15) is 9.59 Å². The van der Waals surface area contributed by atoms with Crippen LogP contribution in [0.2, 0.25) is 0 Å². The second-order valence-electron chi connectivity index (χ2n) is 6.85. The first-order chi connectivity index (χ1) is 14.5. The lowest BCUT2D eigenvalue weighted by atomic mass is 10.1. The molecule has 8 heteroatoms. The number of aryl methyl sites for hydroxylation is 2. The highest BCUT2D eigenvalue weighted by molar-refractivity contribution is 6.02. The Morgan fingerprint density at radius 2 is 1.93 bits per heavy atom. The summed E-state index contributed by atoms with van der Waals surface area (Å²) in [4.78, 5) is 29.9. The van der Waals surface area contributed by atoms with Crippen molar-refractivity contribution in [2.24, 2.45) is 0 Å². The van der Waals surface area contributed by atoms with E-state index in [-0.39, 0.29) is 0 Å². The number of para-hydroxylation sites is 1. The fourth-order valence-corrected chi connectivity index (χ4v) is 3.14. The van der Waals surface area contributed by atoms with Crippen LogP contribution in [0.3, 0.4) is 0 Å². The molecule has 0 aliphatic carbocycles. The molecule has 0 fully saturated rings. The van der Waals surface area contributed by atoms with Gasteiger partial charge in [0.05, 0.1) is 24.1 Å². The van der Waals surface area contributed by atoms with E-state index in [0.29, 0.717) is 29.0 Å². The van der Waals surface area contributed by atoms with E-state index in [2.05, 4.69) is 15.5 Å². The zero-order valence-electron chi connectivity index (χ0n) is 16.9. The van der Waals surface area contributed by atoms with E-state index in [1.54, 1.807) is 28.9 Å². The van der Waals surface area contributed by atoms with E-state index in [4.69, 9.17) is 4.74 Å². The monoisotopic (exact) mass is 403 g/mol. The van der Waals surface area contributed by atoms with Crippen molar-refractivity contribution in [3.05, 3.63) is 82.0 Å². The minimum Gasteiger partial charge on any atom is -0.493 e. The van der Waals surface area contributed by atoms with E-state index in [0.717, 1.165) is 15.9 Å². The largest absolute Gasteiger partial charge is 0.493 e. The molecule has 0 aliphatic rings. The number of hydrogen-bond acceptors (Lipinski definition) is 5. The number of hydrogen-bond donors (Lipinski definition) is 1. The second kappa shape index (κ2) is 7.82. The van der Waals surface area contributed by atoms with Gasteiger partial charge in [-0.1, -0.05) is 18.2 Å². The smallest absolute Gasteiger partial charge is 0.283 e. The van der Waals surface area contributed by atoms with E-state index < -0.39 is 11.5 Å². The van der Waals surface area contributed by atoms with Crippen LogP contribution in [0, 0.1) is 13.8 Å². The molecule has 0 unspecified atom stereocenters. The molecule has 4 aromatic rings. The van der Waals surface area contributed by atoms with Crippen molar-refractivity contribution in [2.75, 3.05) is 12.0 Å². The number of ether oxygens (including phenoxy) is 1. The average molecular weight is 403 g/mol. The number of carbonyl (C=O) groups excluding carboxylic acids is 1. The third kappa shape index (κ3) is 3.43. The molecule has 0 radical (unpaired) electrons. The summed E-state index contributed by atoms with van der Waals surface area (Å²) in [6, 6.07) is 12.8. The molecule has 2 aromatic heterocycles. The van der Waals surface area contributed by atoms with Gasteiger partial charge >= 0.3 is 0 Å². The van der Waals surface area contributed by atoms with Crippen molar-refractivity contribution < 1.29 is 9.53 Å². The number of amides is 1. The molecule has 0 saturated heterocycles. The number of aromatic nitrogens is 4. The third-order valence-electron chi connectivity index (χ3n) is 4.88. The Kier molecular flexibility index (Phi) is 5.05. The maximum atomic E-state index is 12.9. The summed E-state index contributed by atoms with van der Waals surface area (Å²) in [6.45, 7) is 6.31. The summed E-state index contributed by atoms with van der Waals surface area (Å²) in [7, 11) is 0. The first kappa shape index (κ1) is 19.4. The molecular formula is C22H21N5O3. The van der Waals surface area contributed by atoms with Crippen molar-refractivity contribution in [1.82, 2.24) is 19.4 Å². The lowest BCUT2D eigenvalue weighted by molar-refractivity contribution is 0.100. The molecule has 4 rings (SSSR count). The summed E-state index contributed by atoms with van der Waals surface area (Å²) in [5, 5.41) is 4.62. The summed E-state index contributed by atoms with van der Waals surface area (Å²) in [5.74, 6) is -0.0222. The van der Waals surface area contributed by atoms with Gasteiger partial charge in [0, 0.05) is 0 Å². The number of rotatable bonds is 5. The van der Waals surface area contributed by atoms with Crippen molar-refractivity contribution in [1.29, 1.82) is 0 Å². The van der Waals surface area contributed by atoms with Crippen molar-refractivity contribution in [3.8, 4) is 11.4 Å². The minimum absolute atomic E-state index is 0.300. The fourth-order valence-electron chi connectivity index (χ4n) is 3.14. The molecule has 30 heavy (non-hydrogen) atoms. The zero-order chi connectivity index (χ0) is 21.3. The number of nitrogens with zero attached hydrogens (tertiary/aromatic N) is 4. The standard InChI is InChI=1S/C22H21N5O3/c1-4-30-19-8-6-5-7-17(19)21(28)25-26-13-23-20-18(22(26)29)12-24-27(20)16-10-9-14(2)15(3)11-16/h5-13H,4H2,1-3H3,(H,25,28). The maximum absolute atomic E-state index is 12.9.